The summed E-state index contributed by atoms with van der Waals surface area (Å²) < 4.78 is 0. The van der Waals surface area contributed by atoms with E-state index in [9.17, 15) is 96.8 Å². The van der Waals surface area contributed by atoms with E-state index in [0.717, 1.165) is 0 Å². The van der Waals surface area contributed by atoms with Crippen LogP contribution in [0.15, 0.2) is 17.5 Å². The highest BCUT2D eigenvalue weighted by atomic mass is 16.4. The Balaban J connectivity index is 3.64. The Kier molecular flexibility index (Phi) is 42.3. The molecule has 0 fully saturated rings. The SMILES string of the molecule is CC(C)C[C@H](NC(=O)[C@H](CC(C)C)NC(=O)[C@@H](NC(=O)[C@@H](N)Cc1cnc[nH]1)C(C)C)C(=O)N[C@@H](C)C(=O)N[C@@H](CCCN=C(N)N)C(=O)N[C@@H](CC(C)C)C(=O)N[C@@H](CC(C)C)C(=O)N[C@@H](CCC(=O)O)C(=O)N[C@@H](CC(=O)O)C(=O)N[C@@H](CCC(N)=O)C(=O)N[C@@H](CCC(N)=O)C(=O)N[C@H](C(=O)O)C(C)C. The van der Waals surface area contributed by atoms with Gasteiger partial charge in [0.05, 0.1) is 18.8 Å². The number of nitrogens with zero attached hydrogens (tertiary/aromatic N) is 2. The number of hydrogen-bond donors (Lipinski definition) is 21. The summed E-state index contributed by atoms with van der Waals surface area (Å²) in [7, 11) is 0. The fourth-order valence-electron chi connectivity index (χ4n) is 10.7. The van der Waals surface area contributed by atoms with Crippen molar-refractivity contribution in [2.24, 2.45) is 69.2 Å². The molecule has 1 aromatic rings. The highest BCUT2D eigenvalue weighted by molar-refractivity contribution is 6.00. The topological polar surface area (TPSA) is 666 Å². The van der Waals surface area contributed by atoms with Crippen molar-refractivity contribution in [3.8, 4) is 0 Å². The number of aliphatic carboxylic acids is 3. The third kappa shape index (κ3) is 37.6. The van der Waals surface area contributed by atoms with Crippen molar-refractivity contribution < 1.29 is 96.8 Å². The average Bonchev–Trinajstić information content (AvgIpc) is 0.895. The van der Waals surface area contributed by atoms with Gasteiger partial charge in [0.15, 0.2) is 5.96 Å². The molecule has 13 atom stereocenters. The van der Waals surface area contributed by atoms with Crippen LogP contribution in [-0.4, -0.2) is 217 Å². The Morgan fingerprint density at radius 2 is 0.731 bits per heavy atom. The normalized spacial score (nSPS) is 14.9. The average molecular weight is 1530 g/mol. The van der Waals surface area contributed by atoms with Gasteiger partial charge in [-0.25, -0.2) is 9.78 Å². The molecule has 1 rings (SSSR count). The van der Waals surface area contributed by atoms with E-state index in [2.05, 4.69) is 78.8 Å². The highest BCUT2D eigenvalue weighted by Crippen LogP contribution is 2.16. The highest BCUT2D eigenvalue weighted by Gasteiger charge is 2.39. The minimum atomic E-state index is -2.15. The van der Waals surface area contributed by atoms with Crippen molar-refractivity contribution in [1.82, 2.24) is 73.8 Å². The Bertz CT molecular complexity index is 3270. The largest absolute Gasteiger partial charge is 0.481 e. The Labute approximate surface area is 627 Å². The number of nitrogens with one attached hydrogen (secondary N) is 13. The molecule has 0 aliphatic heterocycles. The Hall–Kier alpha value is -10.6. The smallest absolute Gasteiger partial charge is 0.326 e. The molecule has 0 aliphatic carbocycles. The summed E-state index contributed by atoms with van der Waals surface area (Å²) >= 11 is 0. The quantitative estimate of drug-likeness (QED) is 0.0166. The van der Waals surface area contributed by atoms with Gasteiger partial charge < -0.3 is 113 Å². The van der Waals surface area contributed by atoms with Gasteiger partial charge in [0.1, 0.15) is 72.5 Å². The first-order chi connectivity index (χ1) is 50.2. The number of carbonyl (C=O) groups is 17. The molecule has 0 radical (unpaired) electrons. The molecule has 0 bridgehead atoms. The first kappa shape index (κ1) is 95.4. The number of aromatic nitrogens is 2. The maximum absolute atomic E-state index is 14.5. The summed E-state index contributed by atoms with van der Waals surface area (Å²) in [5.41, 5.74) is 28.5. The van der Waals surface area contributed by atoms with E-state index in [-0.39, 0.29) is 75.2 Å². The maximum Gasteiger partial charge on any atom is 0.326 e. The molecule has 0 spiro atoms. The zero-order chi connectivity index (χ0) is 82.6. The molecule has 608 valence electrons. The van der Waals surface area contributed by atoms with Gasteiger partial charge in [-0.05, 0) is 100 Å². The van der Waals surface area contributed by atoms with Crippen LogP contribution < -0.4 is 92.5 Å². The predicted octanol–water partition coefficient (Wildman–Crippen LogP) is -4.38. The number of carboxylic acid groups (broad SMARTS) is 3. The van der Waals surface area contributed by atoms with E-state index in [1.165, 1.54) is 33.3 Å². The number of aliphatic imine (C=N–C) groups is 1. The van der Waals surface area contributed by atoms with Crippen LogP contribution in [0, 0.1) is 35.5 Å². The second-order valence-corrected chi connectivity index (χ2v) is 29.0. The van der Waals surface area contributed by atoms with Crippen LogP contribution in [-0.2, 0) is 87.9 Å². The maximum atomic E-state index is 14.5. The molecular weight excluding hydrogens is 1420 g/mol. The summed E-state index contributed by atoms with van der Waals surface area (Å²) in [5.74, 6) is -21.1. The van der Waals surface area contributed by atoms with Gasteiger partial charge >= 0.3 is 17.9 Å². The van der Waals surface area contributed by atoms with Gasteiger partial charge in [-0.3, -0.25) is 81.7 Å². The van der Waals surface area contributed by atoms with Gasteiger partial charge in [0.2, 0.25) is 82.7 Å². The lowest BCUT2D eigenvalue weighted by Gasteiger charge is -2.29. The van der Waals surface area contributed by atoms with Crippen molar-refractivity contribution in [3.05, 3.63) is 18.2 Å². The zero-order valence-electron chi connectivity index (χ0n) is 63.8. The molecule has 1 heterocycles. The van der Waals surface area contributed by atoms with E-state index in [0.29, 0.717) is 5.69 Å². The number of aromatic amines is 1. The number of amides is 14. The van der Waals surface area contributed by atoms with Gasteiger partial charge in [-0.2, -0.15) is 0 Å². The lowest BCUT2D eigenvalue weighted by atomic mass is 9.98. The van der Waals surface area contributed by atoms with E-state index in [1.54, 1.807) is 55.4 Å². The van der Waals surface area contributed by atoms with Crippen molar-refractivity contribution in [2.45, 2.75) is 258 Å². The molecule has 40 heteroatoms. The molecule has 0 unspecified atom stereocenters. The van der Waals surface area contributed by atoms with Gasteiger partial charge in [0.25, 0.3) is 0 Å². The number of rotatable bonds is 52. The Morgan fingerprint density at radius 3 is 1.08 bits per heavy atom. The number of carbonyl (C=O) groups excluding carboxylic acids is 14. The van der Waals surface area contributed by atoms with Crippen molar-refractivity contribution in [1.29, 1.82) is 0 Å². The van der Waals surface area contributed by atoms with Crippen LogP contribution in [0.3, 0.4) is 0 Å². The fourth-order valence-corrected chi connectivity index (χ4v) is 10.7. The molecule has 0 saturated carbocycles. The van der Waals surface area contributed by atoms with Crippen LogP contribution in [0.25, 0.3) is 0 Å². The van der Waals surface area contributed by atoms with E-state index in [4.69, 9.17) is 28.7 Å². The first-order valence-electron chi connectivity index (χ1n) is 35.9. The Morgan fingerprint density at radius 1 is 0.398 bits per heavy atom. The number of imidazole rings is 1. The minimum Gasteiger partial charge on any atom is -0.481 e. The summed E-state index contributed by atoms with van der Waals surface area (Å²) in [6, 6.07) is -19.7. The minimum absolute atomic E-state index is 0.0430. The van der Waals surface area contributed by atoms with Gasteiger partial charge in [-0.1, -0.05) is 83.1 Å². The van der Waals surface area contributed by atoms with Crippen LogP contribution >= 0.6 is 0 Å². The standard InChI is InChI=1S/C68H116N20O20/c1-31(2)23-44(83-64(104)47(26-34(7)8)86-66(106)53(35(9)10)87-56(96)39(69)27-38-29-74-30-76-38)61(101)77-37(13)55(95)78-40(15-14-22-75-68(72)73)57(97)82-46(25-33(5)6)63(103)84-45(24-32(3)4)62(102)81-43(18-21-51(91)92)59(99)85-48(28-52(93)94)65(105)80-41(16-19-49(70)89)58(98)79-42(17-20-50(71)90)60(100)88-54(36(11)12)67(107)108/h29-37,39-48,53-54H,14-28,69H2,1-13H3,(H2,70,89)(H2,71,90)(H,74,76)(H,77,101)(H,78,95)(H,79,98)(H,80,105)(H,81,102)(H,82,97)(H,83,104)(H,84,103)(H,85,99)(H,86,106)(H,87,96)(H,88,100)(H,91,92)(H,93,94)(H,107,108)(H4,72,73,75)/t37-,39-,40-,41-,42-,43-,44-,45-,46-,47-,48-,53-,54-/m0/s1. The summed E-state index contributed by atoms with van der Waals surface area (Å²) in [6.07, 6.45) is -2.26. The van der Waals surface area contributed by atoms with E-state index < -0.39 is 242 Å². The fraction of sp³-hybridized carbons (Fsp3) is 0.691. The molecule has 0 aromatic carbocycles. The van der Waals surface area contributed by atoms with Crippen LogP contribution in [0.4, 0.5) is 0 Å². The van der Waals surface area contributed by atoms with Crippen molar-refractivity contribution in [3.63, 3.8) is 0 Å². The number of guanidine groups is 1. The van der Waals surface area contributed by atoms with Crippen LogP contribution in [0.5, 0.6) is 0 Å². The third-order valence-corrected chi connectivity index (χ3v) is 16.4. The van der Waals surface area contributed by atoms with Crippen LogP contribution in [0.2, 0.25) is 0 Å². The summed E-state index contributed by atoms with van der Waals surface area (Å²) in [5, 5.41) is 59.0. The second-order valence-electron chi connectivity index (χ2n) is 29.0. The summed E-state index contributed by atoms with van der Waals surface area (Å²) in [6.45, 7) is 21.5. The summed E-state index contributed by atoms with van der Waals surface area (Å²) in [4.78, 5) is 239. The number of H-pyrrole nitrogens is 1. The number of carboxylic acids is 3. The molecule has 0 saturated heterocycles. The van der Waals surface area contributed by atoms with E-state index in [1.807, 2.05) is 13.8 Å². The van der Waals surface area contributed by atoms with Crippen molar-refractivity contribution in [2.75, 3.05) is 6.54 Å². The van der Waals surface area contributed by atoms with E-state index >= 15 is 0 Å². The van der Waals surface area contributed by atoms with Gasteiger partial charge in [-0.15, -0.1) is 0 Å². The van der Waals surface area contributed by atoms with Gasteiger partial charge in [0, 0.05) is 44.1 Å². The second kappa shape index (κ2) is 47.9. The number of hydrogen-bond acceptors (Lipinski definition) is 20. The van der Waals surface area contributed by atoms with Crippen LogP contribution in [0.1, 0.15) is 179 Å². The lowest BCUT2D eigenvalue weighted by molar-refractivity contribution is -0.143. The molecule has 0 aliphatic rings. The molecule has 1 aromatic heterocycles. The molecule has 108 heavy (non-hydrogen) atoms. The number of primary amides is 2. The molecular formula is C68H116N20O20. The molecule has 14 amide bonds. The molecule has 26 N–H and O–H groups in total. The first-order valence-corrected chi connectivity index (χ1v) is 35.9. The molecule has 40 nitrogen and oxygen atoms in total. The number of nitrogens with two attached hydrogens (primary N) is 5. The third-order valence-electron chi connectivity index (χ3n) is 16.4. The predicted molar refractivity (Wildman–Crippen MR) is 390 cm³/mol. The zero-order valence-corrected chi connectivity index (χ0v) is 63.8. The lowest BCUT2D eigenvalue weighted by Crippen LogP contribution is -2.61. The monoisotopic (exact) mass is 1530 g/mol. The van der Waals surface area contributed by atoms with Crippen molar-refractivity contribution >= 4 is 107 Å².